The highest BCUT2D eigenvalue weighted by Crippen LogP contribution is 2.38. The monoisotopic (exact) mass is 1390 g/mol. The molecular weight excluding hydrogens is 1250 g/mol. The Morgan fingerprint density at radius 2 is 0.847 bits per heavy atom. The number of ether oxygens (including phenoxy) is 10. The third kappa shape index (κ3) is 28.1. The van der Waals surface area contributed by atoms with Crippen molar-refractivity contribution in [3.05, 3.63) is 71.9 Å². The Morgan fingerprint density at radius 3 is 1.24 bits per heavy atom. The van der Waals surface area contributed by atoms with Gasteiger partial charge in [-0.25, -0.2) is 9.59 Å². The van der Waals surface area contributed by atoms with Gasteiger partial charge in [0.1, 0.15) is 12.2 Å². The molecule has 0 aromatic heterocycles. The van der Waals surface area contributed by atoms with E-state index in [-0.39, 0.29) is 91.8 Å². The van der Waals surface area contributed by atoms with Crippen LogP contribution in [0.2, 0.25) is 0 Å². The molecule has 30 atom stereocenters. The highest BCUT2D eigenvalue weighted by molar-refractivity contribution is 5.83. The van der Waals surface area contributed by atoms with Crippen molar-refractivity contribution in [1.82, 2.24) is 0 Å². The number of hydrogen-bond acceptors (Lipinski definition) is 19. The van der Waals surface area contributed by atoms with Crippen molar-refractivity contribution in [2.45, 2.75) is 334 Å². The van der Waals surface area contributed by atoms with Crippen molar-refractivity contribution in [3.63, 3.8) is 0 Å². The Hall–Kier alpha value is -3.22. The van der Waals surface area contributed by atoms with E-state index in [0.29, 0.717) is 63.4 Å². The van der Waals surface area contributed by atoms with Crippen LogP contribution in [0, 0.1) is 53.3 Å². The van der Waals surface area contributed by atoms with Crippen molar-refractivity contribution >= 4 is 11.9 Å². The minimum absolute atomic E-state index is 0.00763. The van der Waals surface area contributed by atoms with Crippen molar-refractivity contribution in [3.8, 4) is 0 Å². The van der Waals surface area contributed by atoms with Crippen LogP contribution >= 0.6 is 0 Å². The lowest BCUT2D eigenvalue weighted by atomic mass is 9.74. The molecule has 19 heteroatoms. The maximum atomic E-state index is 14.0. The summed E-state index contributed by atoms with van der Waals surface area (Å²) in [5.41, 5.74) is 1.45. The van der Waals surface area contributed by atoms with Crippen LogP contribution in [-0.4, -0.2) is 204 Å². The van der Waals surface area contributed by atoms with Crippen LogP contribution in [0.4, 0.5) is 0 Å². The first kappa shape index (κ1) is 85.4. The van der Waals surface area contributed by atoms with Crippen LogP contribution in [0.1, 0.15) is 206 Å². The Balaban J connectivity index is 1.36. The second-order valence-electron chi connectivity index (χ2n) is 30.7. The number of cyclic esters (lactones) is 2. The standard InChI is InChI=1S/C79H134O19/c1-46-24-30-59(80)38-61-21-19-23-64(96-61)43-74(92-17)55(10)70(83)45-72(85)57(12)79(58(13)77(88)49(4)29-33-66-41-68(90-15)37-51(6)94-66)98-76(87)35-27-47(2)25-31-60(81)39-62-20-18-22-63(95-62)42-73(91-16)54(9)69(82)44-71(84)56(11)78(97-75(86)34-26-46)53(8)52(7)48(3)28-32-65-40-67(89-14)36-50(5)93-65/h18-21,24-27,34-35,48-74,77-85,88H,22-23,28-33,36-45H2,1-17H3/b34-26+,35-27+,46-24+,47-25+/t48-,49-,50-,51-,52?,53-,54-,55-,56-,57-,58-,59-,60-,61-,62-,63-,64-,65-,66-,67+,68+,69-,70-,71+,72+,73-,74-,77-,78+,79-/m0/s1. The summed E-state index contributed by atoms with van der Waals surface area (Å²) in [5.74, 6) is -4.19. The summed E-state index contributed by atoms with van der Waals surface area (Å²) in [6.45, 7) is 25.5. The summed E-state index contributed by atoms with van der Waals surface area (Å²) < 4.78 is 61.7. The molecule has 2 fully saturated rings. The number of hydrogen-bond donors (Lipinski definition) is 7. The van der Waals surface area contributed by atoms with Crippen LogP contribution in [0.25, 0.3) is 0 Å². The maximum Gasteiger partial charge on any atom is 0.331 e. The maximum absolute atomic E-state index is 14.0. The molecule has 4 bridgehead atoms. The molecule has 19 nitrogen and oxygen atoms in total. The highest BCUT2D eigenvalue weighted by atomic mass is 16.6. The van der Waals surface area contributed by atoms with E-state index in [4.69, 9.17) is 47.4 Å². The zero-order chi connectivity index (χ0) is 72.5. The zero-order valence-electron chi connectivity index (χ0n) is 62.9. The molecule has 0 amide bonds. The number of rotatable bonds is 16. The SMILES string of the molecule is CO[C@H]1C[C@H](CC[C@H](C)C(C)[C@H](C)[C@H]2OC(=O)/C=C/C(C)=C/C[C@H](O)C[C@@H]3C=CC[C@@H](C[C@H](OC)[C@@H](C)[C@@H](O)C[C@@H](O)[C@H](C)[C@@H]([C@@H](C)[C@@H](O)[C@@H](C)CC[C@H]4C[C@H](OC)C[C@H](C)O4)OC(=O)/C=C/C(C)=C/C[C@H](O)C[C@@H]4C=CC[C@@H](C[C@H](OC)[C@@H](C)[C@@H](O)C[C@@H](O)[C@@H]2C)O4)O3)O[C@@H](C)C1. The smallest absolute Gasteiger partial charge is 0.331 e. The van der Waals surface area contributed by atoms with Gasteiger partial charge in [0, 0.05) is 95.9 Å². The second-order valence-corrected chi connectivity index (χ2v) is 30.7. The van der Waals surface area contributed by atoms with Crippen LogP contribution in [-0.2, 0) is 57.0 Å². The van der Waals surface area contributed by atoms with Gasteiger partial charge in [-0.05, 0) is 141 Å². The second kappa shape index (κ2) is 43.1. The Bertz CT molecular complexity index is 2320. The van der Waals surface area contributed by atoms with Crippen LogP contribution < -0.4 is 0 Å². The Kier molecular flexibility index (Phi) is 37.6. The molecule has 98 heavy (non-hydrogen) atoms. The number of methoxy groups -OCH3 is 4. The predicted molar refractivity (Wildman–Crippen MR) is 381 cm³/mol. The largest absolute Gasteiger partial charge is 0.459 e. The van der Waals surface area contributed by atoms with Gasteiger partial charge in [0.15, 0.2) is 0 Å². The highest BCUT2D eigenvalue weighted by Gasteiger charge is 2.42. The van der Waals surface area contributed by atoms with Gasteiger partial charge < -0.3 is 83.1 Å². The summed E-state index contributed by atoms with van der Waals surface area (Å²) in [6, 6.07) is 0. The van der Waals surface area contributed by atoms with Gasteiger partial charge in [-0.1, -0.05) is 122 Å². The lowest BCUT2D eigenvalue weighted by Crippen LogP contribution is -2.45. The predicted octanol–water partition coefficient (Wildman–Crippen LogP) is 11.4. The third-order valence-corrected chi connectivity index (χ3v) is 22.9. The van der Waals surface area contributed by atoms with E-state index in [1.54, 1.807) is 47.5 Å². The normalized spacial score (nSPS) is 41.1. The van der Waals surface area contributed by atoms with Gasteiger partial charge in [-0.15, -0.1) is 0 Å². The molecule has 0 aliphatic carbocycles. The molecule has 0 saturated carbocycles. The van der Waals surface area contributed by atoms with Gasteiger partial charge >= 0.3 is 11.9 Å². The fraction of sp³-hybridized carbons (Fsp3) is 0.823. The van der Waals surface area contributed by atoms with E-state index in [2.05, 4.69) is 27.7 Å². The quantitative estimate of drug-likeness (QED) is 0.0559. The zero-order valence-corrected chi connectivity index (χ0v) is 62.9. The summed E-state index contributed by atoms with van der Waals surface area (Å²) in [7, 11) is 6.67. The third-order valence-electron chi connectivity index (χ3n) is 22.9. The van der Waals surface area contributed by atoms with E-state index in [1.165, 1.54) is 12.2 Å². The average Bonchev–Trinajstić information content (AvgIpc) is 0.853. The number of aliphatic hydroxyl groups is 7. The Labute approximate surface area is 589 Å². The van der Waals surface area contributed by atoms with Crippen LogP contribution in [0.15, 0.2) is 71.9 Å². The van der Waals surface area contributed by atoms with Crippen LogP contribution in [0.5, 0.6) is 0 Å². The first-order valence-corrected chi connectivity index (χ1v) is 37.4. The van der Waals surface area contributed by atoms with E-state index in [0.717, 1.165) is 44.1 Å². The van der Waals surface area contributed by atoms with Gasteiger partial charge in [0.2, 0.25) is 0 Å². The van der Waals surface area contributed by atoms with Gasteiger partial charge in [0.05, 0.1) is 116 Å². The fourth-order valence-electron chi connectivity index (χ4n) is 15.5. The van der Waals surface area contributed by atoms with Crippen molar-refractivity contribution in [2.24, 2.45) is 53.3 Å². The lowest BCUT2D eigenvalue weighted by Gasteiger charge is -2.39. The topological polar surface area (TPSA) is 268 Å². The van der Waals surface area contributed by atoms with Crippen molar-refractivity contribution < 1.29 is 92.7 Å². The van der Waals surface area contributed by atoms with Crippen molar-refractivity contribution in [1.29, 1.82) is 0 Å². The molecule has 0 spiro atoms. The molecule has 5 rings (SSSR count). The molecular formula is C79H134O19. The first-order valence-electron chi connectivity index (χ1n) is 37.4. The van der Waals surface area contributed by atoms with E-state index in [9.17, 15) is 45.3 Å². The molecule has 0 radical (unpaired) electrons. The van der Waals surface area contributed by atoms with Gasteiger partial charge in [-0.3, -0.25) is 0 Å². The number of aliphatic hydroxyl groups excluding tert-OH is 7. The van der Waals surface area contributed by atoms with E-state index >= 15 is 0 Å². The van der Waals surface area contributed by atoms with Gasteiger partial charge in [0.25, 0.3) is 0 Å². The molecule has 0 aromatic rings. The molecule has 5 aliphatic heterocycles. The number of esters is 2. The minimum atomic E-state index is -1.16. The number of fused-ring (bicyclic) bond motifs is 4. The summed E-state index contributed by atoms with van der Waals surface area (Å²) in [6.07, 6.45) is 17.0. The number of allylic oxidation sites excluding steroid dienone is 4. The fourth-order valence-corrected chi connectivity index (χ4v) is 15.5. The lowest BCUT2D eigenvalue weighted by molar-refractivity contribution is -0.158. The summed E-state index contributed by atoms with van der Waals surface area (Å²) >= 11 is 0. The molecule has 0 aromatic carbocycles. The molecule has 564 valence electrons. The van der Waals surface area contributed by atoms with E-state index in [1.807, 2.05) is 91.8 Å². The number of carbonyl (C=O) groups excluding carboxylic acids is 2. The average molecular weight is 1390 g/mol. The van der Waals surface area contributed by atoms with Crippen molar-refractivity contribution in [2.75, 3.05) is 28.4 Å². The summed E-state index contributed by atoms with van der Waals surface area (Å²) in [5, 5.41) is 82.6. The molecule has 5 heterocycles. The number of carbonyl (C=O) groups is 2. The van der Waals surface area contributed by atoms with Gasteiger partial charge in [-0.2, -0.15) is 0 Å². The summed E-state index contributed by atoms with van der Waals surface area (Å²) in [4.78, 5) is 27.9. The minimum Gasteiger partial charge on any atom is -0.459 e. The molecule has 2 saturated heterocycles. The molecule has 1 unspecified atom stereocenters. The van der Waals surface area contributed by atoms with E-state index < -0.39 is 121 Å². The Morgan fingerprint density at radius 1 is 0.459 bits per heavy atom. The molecule has 7 N–H and O–H groups in total. The van der Waals surface area contributed by atoms with Crippen LogP contribution in [0.3, 0.4) is 0 Å². The molecule has 5 aliphatic rings. The first-order chi connectivity index (χ1) is 46.4.